The van der Waals surface area contributed by atoms with Crippen LogP contribution in [0.2, 0.25) is 0 Å². The maximum atomic E-state index is 12.8. The normalized spacial score (nSPS) is 15.4. The quantitative estimate of drug-likeness (QED) is 0.325. The molecular weight excluding hydrogens is 518 g/mol. The Morgan fingerprint density at radius 3 is 2.75 bits per heavy atom. The first-order valence-electron chi connectivity index (χ1n) is 12.0. The number of nitrogens with zero attached hydrogens (tertiary/aromatic N) is 4. The first-order valence-corrected chi connectivity index (χ1v) is 12.8. The highest BCUT2D eigenvalue weighted by atomic mass is 79.9. The van der Waals surface area contributed by atoms with Gasteiger partial charge in [0, 0.05) is 47.0 Å². The molecule has 36 heavy (non-hydrogen) atoms. The van der Waals surface area contributed by atoms with E-state index in [4.69, 9.17) is 4.42 Å². The van der Waals surface area contributed by atoms with Crippen molar-refractivity contribution in [2.24, 2.45) is 5.92 Å². The molecule has 182 valence electrons. The molecule has 4 aromatic rings. The van der Waals surface area contributed by atoms with Gasteiger partial charge in [0.25, 0.3) is 5.91 Å². The smallest absolute Gasteiger partial charge is 0.251 e. The Labute approximate surface area is 218 Å². The minimum absolute atomic E-state index is 0.0971. The molecule has 0 saturated carbocycles. The number of carbonyl (C=O) groups is 1. The van der Waals surface area contributed by atoms with Crippen LogP contribution in [0.5, 0.6) is 0 Å². The van der Waals surface area contributed by atoms with Crippen molar-refractivity contribution in [2.45, 2.75) is 26.2 Å². The summed E-state index contributed by atoms with van der Waals surface area (Å²) in [6, 6.07) is 17.1. The minimum Gasteiger partial charge on any atom is -0.436 e. The van der Waals surface area contributed by atoms with Crippen LogP contribution in [0.4, 0.5) is 5.82 Å². The van der Waals surface area contributed by atoms with Gasteiger partial charge < -0.3 is 14.6 Å². The predicted molar refractivity (Wildman–Crippen MR) is 143 cm³/mol. The molecule has 0 radical (unpaired) electrons. The number of halogens is 1. The van der Waals surface area contributed by atoms with E-state index in [2.05, 4.69) is 56.0 Å². The molecular formula is C28H26BrN5O2. The van der Waals surface area contributed by atoms with Gasteiger partial charge in [0.15, 0.2) is 5.58 Å². The highest BCUT2D eigenvalue weighted by Crippen LogP contribution is 2.31. The van der Waals surface area contributed by atoms with Gasteiger partial charge in [-0.15, -0.1) is 0 Å². The Bertz CT molecular complexity index is 1440. The Balaban J connectivity index is 1.23. The monoisotopic (exact) mass is 543 g/mol. The zero-order chi connectivity index (χ0) is 25.2. The molecule has 2 aromatic carbocycles. The number of amides is 1. The van der Waals surface area contributed by atoms with Crippen LogP contribution < -0.4 is 10.2 Å². The number of nitrogens with one attached hydrogen (secondary N) is 1. The van der Waals surface area contributed by atoms with Gasteiger partial charge in [0.2, 0.25) is 5.89 Å². The molecule has 8 heteroatoms. The van der Waals surface area contributed by atoms with Crippen molar-refractivity contribution in [2.75, 3.05) is 24.5 Å². The Hall–Kier alpha value is -3.70. The van der Waals surface area contributed by atoms with Crippen molar-refractivity contribution in [1.82, 2.24) is 15.3 Å². The number of nitriles is 1. The maximum absolute atomic E-state index is 12.8. The van der Waals surface area contributed by atoms with Crippen LogP contribution in [-0.2, 0) is 0 Å². The van der Waals surface area contributed by atoms with Crippen LogP contribution in [0.1, 0.15) is 47.7 Å². The van der Waals surface area contributed by atoms with Gasteiger partial charge in [0.1, 0.15) is 11.3 Å². The predicted octanol–water partition coefficient (Wildman–Crippen LogP) is 5.90. The van der Waals surface area contributed by atoms with Crippen molar-refractivity contribution < 1.29 is 9.21 Å². The van der Waals surface area contributed by atoms with E-state index in [1.165, 1.54) is 0 Å². The van der Waals surface area contributed by atoms with Gasteiger partial charge in [-0.05, 0) is 82.7 Å². The number of hydrogen-bond acceptors (Lipinski definition) is 6. The van der Waals surface area contributed by atoms with Crippen molar-refractivity contribution in [3.63, 3.8) is 0 Å². The SMILES string of the molecule is CC(C)c1cc(C#N)cc2nc(-c3ccc(C(=O)NC[C@@H]4CCN(c5ccc(Br)cn5)C4)cc3)oc12. The molecule has 0 spiro atoms. The Morgan fingerprint density at radius 2 is 2.06 bits per heavy atom. The molecule has 0 unspecified atom stereocenters. The molecule has 5 rings (SSSR count). The van der Waals surface area contributed by atoms with E-state index < -0.39 is 0 Å². The van der Waals surface area contributed by atoms with E-state index in [9.17, 15) is 10.1 Å². The van der Waals surface area contributed by atoms with Gasteiger partial charge in [-0.3, -0.25) is 4.79 Å². The molecule has 7 nitrogen and oxygen atoms in total. The highest BCUT2D eigenvalue weighted by Gasteiger charge is 2.24. The average molecular weight is 544 g/mol. The van der Waals surface area contributed by atoms with E-state index in [0.717, 1.165) is 40.9 Å². The summed E-state index contributed by atoms with van der Waals surface area (Å²) in [6.07, 6.45) is 2.82. The van der Waals surface area contributed by atoms with Crippen molar-refractivity contribution in [3.05, 3.63) is 75.9 Å². The second-order valence-corrected chi connectivity index (χ2v) is 10.3. The van der Waals surface area contributed by atoms with Gasteiger partial charge >= 0.3 is 0 Å². The fourth-order valence-electron chi connectivity index (χ4n) is 4.54. The van der Waals surface area contributed by atoms with Crippen LogP contribution in [0, 0.1) is 17.2 Å². The summed E-state index contributed by atoms with van der Waals surface area (Å²) >= 11 is 3.42. The molecule has 1 N–H and O–H groups in total. The molecule has 1 aliphatic rings. The molecule has 0 bridgehead atoms. The lowest BCUT2D eigenvalue weighted by Crippen LogP contribution is -2.31. The van der Waals surface area contributed by atoms with Gasteiger partial charge in [-0.2, -0.15) is 5.26 Å². The number of rotatable bonds is 6. The fourth-order valence-corrected chi connectivity index (χ4v) is 4.78. The highest BCUT2D eigenvalue weighted by molar-refractivity contribution is 9.10. The molecule has 1 amide bonds. The zero-order valence-corrected chi connectivity index (χ0v) is 21.7. The van der Waals surface area contributed by atoms with Crippen molar-refractivity contribution in [3.8, 4) is 17.5 Å². The first-order chi connectivity index (χ1) is 17.4. The largest absolute Gasteiger partial charge is 0.436 e. The lowest BCUT2D eigenvalue weighted by atomic mass is 10.00. The summed E-state index contributed by atoms with van der Waals surface area (Å²) in [4.78, 5) is 24.1. The lowest BCUT2D eigenvalue weighted by molar-refractivity contribution is 0.0948. The topological polar surface area (TPSA) is 95.0 Å². The fraction of sp³-hybridized carbons (Fsp3) is 0.286. The van der Waals surface area contributed by atoms with Crippen molar-refractivity contribution >= 4 is 38.8 Å². The molecule has 1 atom stereocenters. The Kier molecular flexibility index (Phi) is 6.75. The number of oxazole rings is 1. The standard InChI is InChI=1S/C28H26BrN5O2/c1-17(2)23-11-19(13-30)12-24-26(23)36-28(33-24)21-5-3-20(4-6-21)27(35)32-14-18-9-10-34(16-18)25-8-7-22(29)15-31-25/h3-8,11-12,15,17-18H,9-10,14,16H2,1-2H3,(H,32,35)/t18-/m0/s1. The van der Waals surface area contributed by atoms with Crippen LogP contribution >= 0.6 is 15.9 Å². The molecule has 3 heterocycles. The van der Waals surface area contributed by atoms with E-state index in [-0.39, 0.29) is 11.8 Å². The number of benzene rings is 2. The second-order valence-electron chi connectivity index (χ2n) is 9.42. The van der Waals surface area contributed by atoms with Gasteiger partial charge in [0.05, 0.1) is 11.6 Å². The molecule has 2 aromatic heterocycles. The van der Waals surface area contributed by atoms with E-state index in [0.29, 0.717) is 40.6 Å². The summed E-state index contributed by atoms with van der Waals surface area (Å²) in [5.41, 5.74) is 4.26. The third kappa shape index (κ3) is 4.98. The Morgan fingerprint density at radius 1 is 1.25 bits per heavy atom. The van der Waals surface area contributed by atoms with Crippen LogP contribution in [0.25, 0.3) is 22.6 Å². The summed E-state index contributed by atoms with van der Waals surface area (Å²) in [5, 5.41) is 12.4. The number of hydrogen-bond donors (Lipinski definition) is 1. The zero-order valence-electron chi connectivity index (χ0n) is 20.2. The summed E-state index contributed by atoms with van der Waals surface area (Å²) in [6.45, 7) is 6.55. The van der Waals surface area contributed by atoms with E-state index in [1.807, 2.05) is 36.5 Å². The van der Waals surface area contributed by atoms with Crippen LogP contribution in [0.3, 0.4) is 0 Å². The van der Waals surface area contributed by atoms with E-state index in [1.54, 1.807) is 18.2 Å². The number of aromatic nitrogens is 2. The van der Waals surface area contributed by atoms with E-state index >= 15 is 0 Å². The van der Waals surface area contributed by atoms with Crippen molar-refractivity contribution in [1.29, 1.82) is 5.26 Å². The lowest BCUT2D eigenvalue weighted by Gasteiger charge is -2.17. The summed E-state index contributed by atoms with van der Waals surface area (Å²) in [5.74, 6) is 1.92. The summed E-state index contributed by atoms with van der Waals surface area (Å²) < 4.78 is 7.04. The van der Waals surface area contributed by atoms with Gasteiger partial charge in [-0.25, -0.2) is 9.97 Å². The number of carbonyl (C=O) groups excluding carboxylic acids is 1. The number of pyridine rings is 1. The van der Waals surface area contributed by atoms with Crippen LogP contribution in [0.15, 0.2) is 63.6 Å². The minimum atomic E-state index is -0.0971. The molecule has 0 aliphatic carbocycles. The maximum Gasteiger partial charge on any atom is 0.251 e. The van der Waals surface area contributed by atoms with Crippen LogP contribution in [-0.4, -0.2) is 35.5 Å². The molecule has 1 fully saturated rings. The number of fused-ring (bicyclic) bond motifs is 1. The second kappa shape index (κ2) is 10.1. The third-order valence-electron chi connectivity index (χ3n) is 6.54. The summed E-state index contributed by atoms with van der Waals surface area (Å²) in [7, 11) is 0. The number of anilines is 1. The first kappa shape index (κ1) is 24.0. The molecule has 1 saturated heterocycles. The average Bonchev–Trinajstić information content (AvgIpc) is 3.54. The van der Waals surface area contributed by atoms with Gasteiger partial charge in [-0.1, -0.05) is 13.8 Å². The molecule has 1 aliphatic heterocycles. The third-order valence-corrected chi connectivity index (χ3v) is 7.01.